The van der Waals surface area contributed by atoms with Crippen LogP contribution in [0.25, 0.3) is 10.9 Å². The Kier molecular flexibility index (Phi) is 7.04. The quantitative estimate of drug-likeness (QED) is 0.450. The first-order valence-electron chi connectivity index (χ1n) is 9.57. The molecule has 0 saturated carbocycles. The van der Waals surface area contributed by atoms with E-state index in [1.54, 1.807) is 34.9 Å². The highest BCUT2D eigenvalue weighted by Gasteiger charge is 2.14. The number of halogens is 1. The van der Waals surface area contributed by atoms with Gasteiger partial charge >= 0.3 is 0 Å². The Balaban J connectivity index is 1.85. The van der Waals surface area contributed by atoms with Crippen molar-refractivity contribution >= 4 is 28.6 Å². The number of hydrogen-bond donors (Lipinski definition) is 1. The third kappa shape index (κ3) is 5.67. The zero-order valence-electron chi connectivity index (χ0n) is 16.5. The van der Waals surface area contributed by atoms with Crippen molar-refractivity contribution in [3.05, 3.63) is 70.3 Å². The van der Waals surface area contributed by atoms with Crippen LogP contribution in [0.3, 0.4) is 0 Å². The molecule has 7 heteroatoms. The summed E-state index contributed by atoms with van der Waals surface area (Å²) >= 11 is 1.23. The highest BCUT2D eigenvalue weighted by Crippen LogP contribution is 2.19. The summed E-state index contributed by atoms with van der Waals surface area (Å²) in [6.07, 6.45) is 0.917. The van der Waals surface area contributed by atoms with Crippen LogP contribution in [0.1, 0.15) is 25.8 Å². The van der Waals surface area contributed by atoms with Crippen LogP contribution in [0.15, 0.2) is 58.5 Å². The first kappa shape index (κ1) is 21.0. The van der Waals surface area contributed by atoms with Gasteiger partial charge in [-0.2, -0.15) is 0 Å². The number of carbonyl (C=O) groups excluding carboxylic acids is 1. The first-order chi connectivity index (χ1) is 13.9. The van der Waals surface area contributed by atoms with E-state index < -0.39 is 0 Å². The van der Waals surface area contributed by atoms with Crippen molar-refractivity contribution < 1.29 is 9.18 Å². The fourth-order valence-corrected chi connectivity index (χ4v) is 3.68. The number of thioether (sulfide) groups is 1. The highest BCUT2D eigenvalue weighted by molar-refractivity contribution is 7.99. The first-order valence-corrected chi connectivity index (χ1v) is 10.6. The van der Waals surface area contributed by atoms with Crippen molar-refractivity contribution in [2.24, 2.45) is 5.92 Å². The Bertz CT molecular complexity index is 1050. The number of benzene rings is 2. The van der Waals surface area contributed by atoms with Crippen LogP contribution < -0.4 is 10.9 Å². The molecule has 0 spiro atoms. The molecule has 152 valence electrons. The molecule has 0 fully saturated rings. The fraction of sp³-hybridized carbons (Fsp3) is 0.318. The summed E-state index contributed by atoms with van der Waals surface area (Å²) in [7, 11) is 0. The molecule has 1 amide bonds. The molecule has 29 heavy (non-hydrogen) atoms. The Labute approximate surface area is 173 Å². The minimum absolute atomic E-state index is 0.0913. The van der Waals surface area contributed by atoms with E-state index in [2.05, 4.69) is 24.1 Å². The molecular weight excluding hydrogens is 389 g/mol. The second kappa shape index (κ2) is 9.69. The normalized spacial score (nSPS) is 11.2. The largest absolute Gasteiger partial charge is 0.355 e. The highest BCUT2D eigenvalue weighted by atomic mass is 32.2. The molecule has 0 unspecified atom stereocenters. The van der Waals surface area contributed by atoms with Gasteiger partial charge in [-0.15, -0.1) is 0 Å². The Hall–Kier alpha value is -2.67. The van der Waals surface area contributed by atoms with Crippen LogP contribution in [-0.4, -0.2) is 27.8 Å². The topological polar surface area (TPSA) is 64.0 Å². The average Bonchev–Trinajstić information content (AvgIpc) is 2.70. The summed E-state index contributed by atoms with van der Waals surface area (Å²) in [6, 6.07) is 13.2. The maximum absolute atomic E-state index is 13.2. The number of aromatic nitrogens is 2. The Morgan fingerprint density at radius 2 is 1.90 bits per heavy atom. The molecule has 1 aromatic heterocycles. The van der Waals surface area contributed by atoms with Gasteiger partial charge in [0.1, 0.15) is 5.82 Å². The van der Waals surface area contributed by atoms with E-state index in [1.807, 2.05) is 6.07 Å². The molecule has 0 bridgehead atoms. The number of amides is 1. The molecule has 0 aliphatic carbocycles. The van der Waals surface area contributed by atoms with Gasteiger partial charge in [-0.05, 0) is 42.2 Å². The second-order valence-corrected chi connectivity index (χ2v) is 8.19. The van der Waals surface area contributed by atoms with Gasteiger partial charge in [0.05, 0.1) is 23.2 Å². The molecule has 1 heterocycles. The maximum atomic E-state index is 13.2. The van der Waals surface area contributed by atoms with Gasteiger partial charge < -0.3 is 5.32 Å². The summed E-state index contributed by atoms with van der Waals surface area (Å²) in [4.78, 5) is 29.8. The monoisotopic (exact) mass is 413 g/mol. The molecule has 2 aromatic carbocycles. The zero-order valence-corrected chi connectivity index (χ0v) is 17.3. The van der Waals surface area contributed by atoms with Gasteiger partial charge in [0.15, 0.2) is 5.16 Å². The Morgan fingerprint density at radius 3 is 2.62 bits per heavy atom. The predicted octanol–water partition coefficient (Wildman–Crippen LogP) is 3.84. The van der Waals surface area contributed by atoms with Crippen LogP contribution in [0.2, 0.25) is 0 Å². The van der Waals surface area contributed by atoms with Crippen LogP contribution >= 0.6 is 11.8 Å². The van der Waals surface area contributed by atoms with E-state index in [4.69, 9.17) is 0 Å². The van der Waals surface area contributed by atoms with Gasteiger partial charge in [-0.25, -0.2) is 9.37 Å². The SMILES string of the molecule is CC(C)CCNC(=O)CSc1nc2ccccc2c(=O)n1Cc1ccc(F)cc1. The van der Waals surface area contributed by atoms with Crippen molar-refractivity contribution in [2.75, 3.05) is 12.3 Å². The summed E-state index contributed by atoms with van der Waals surface area (Å²) in [6.45, 7) is 5.10. The van der Waals surface area contributed by atoms with E-state index in [9.17, 15) is 14.0 Å². The summed E-state index contributed by atoms with van der Waals surface area (Å²) in [5, 5.41) is 3.88. The van der Waals surface area contributed by atoms with Crippen molar-refractivity contribution in [3.8, 4) is 0 Å². The van der Waals surface area contributed by atoms with Crippen LogP contribution in [0, 0.1) is 11.7 Å². The lowest BCUT2D eigenvalue weighted by Gasteiger charge is -2.13. The van der Waals surface area contributed by atoms with E-state index in [-0.39, 0.29) is 29.6 Å². The van der Waals surface area contributed by atoms with Crippen LogP contribution in [0.4, 0.5) is 4.39 Å². The summed E-state index contributed by atoms with van der Waals surface area (Å²) in [5.41, 5.74) is 1.20. The summed E-state index contributed by atoms with van der Waals surface area (Å²) in [5.74, 6) is 0.273. The van der Waals surface area contributed by atoms with Crippen LogP contribution in [-0.2, 0) is 11.3 Å². The lowest BCUT2D eigenvalue weighted by atomic mass is 10.1. The van der Waals surface area contributed by atoms with Gasteiger partial charge in [0, 0.05) is 6.54 Å². The number of para-hydroxylation sites is 1. The van der Waals surface area contributed by atoms with Crippen molar-refractivity contribution in [3.63, 3.8) is 0 Å². The van der Waals surface area contributed by atoms with Gasteiger partial charge in [-0.1, -0.05) is 49.9 Å². The van der Waals surface area contributed by atoms with E-state index in [1.165, 1.54) is 23.9 Å². The number of fused-ring (bicyclic) bond motifs is 1. The molecule has 3 aromatic rings. The predicted molar refractivity (Wildman–Crippen MR) is 115 cm³/mol. The number of nitrogens with one attached hydrogen (secondary N) is 1. The third-order valence-electron chi connectivity index (χ3n) is 4.46. The molecule has 1 N–H and O–H groups in total. The lowest BCUT2D eigenvalue weighted by molar-refractivity contribution is -0.118. The van der Waals surface area contributed by atoms with Crippen LogP contribution in [0.5, 0.6) is 0 Å². The molecule has 5 nitrogen and oxygen atoms in total. The van der Waals surface area contributed by atoms with Gasteiger partial charge in [-0.3, -0.25) is 14.2 Å². The molecular formula is C22H24FN3O2S. The fourth-order valence-electron chi connectivity index (χ4n) is 2.85. The summed E-state index contributed by atoms with van der Waals surface area (Å²) < 4.78 is 14.8. The Morgan fingerprint density at radius 1 is 1.17 bits per heavy atom. The van der Waals surface area contributed by atoms with Crippen molar-refractivity contribution in [1.82, 2.24) is 14.9 Å². The zero-order chi connectivity index (χ0) is 20.8. The number of hydrogen-bond acceptors (Lipinski definition) is 4. The molecule has 0 atom stereocenters. The standard InChI is InChI=1S/C22H24FN3O2S/c1-15(2)11-12-24-20(27)14-29-22-25-19-6-4-3-5-18(19)21(28)26(22)13-16-7-9-17(23)10-8-16/h3-10,15H,11-14H2,1-2H3,(H,24,27). The smallest absolute Gasteiger partial charge is 0.262 e. The van der Waals surface area contributed by atoms with E-state index >= 15 is 0 Å². The third-order valence-corrected chi connectivity index (χ3v) is 5.43. The number of carbonyl (C=O) groups is 1. The van der Waals surface area contributed by atoms with Crippen molar-refractivity contribution in [2.45, 2.75) is 32.0 Å². The maximum Gasteiger partial charge on any atom is 0.262 e. The lowest BCUT2D eigenvalue weighted by Crippen LogP contribution is -2.28. The second-order valence-electron chi connectivity index (χ2n) is 7.25. The number of rotatable bonds is 8. The van der Waals surface area contributed by atoms with Crippen molar-refractivity contribution in [1.29, 1.82) is 0 Å². The minimum Gasteiger partial charge on any atom is -0.355 e. The number of nitrogens with zero attached hydrogens (tertiary/aromatic N) is 2. The van der Waals surface area contributed by atoms with Gasteiger partial charge in [0.25, 0.3) is 5.56 Å². The average molecular weight is 414 g/mol. The molecule has 0 aliphatic heterocycles. The van der Waals surface area contributed by atoms with E-state index in [0.717, 1.165) is 12.0 Å². The van der Waals surface area contributed by atoms with Gasteiger partial charge in [0.2, 0.25) is 5.91 Å². The molecule has 3 rings (SSSR count). The minimum atomic E-state index is -0.328. The molecule has 0 radical (unpaired) electrons. The molecule has 0 aliphatic rings. The molecule has 0 saturated heterocycles. The van der Waals surface area contributed by atoms with E-state index in [0.29, 0.717) is 28.5 Å².